The van der Waals surface area contributed by atoms with E-state index in [1.165, 1.54) is 24.3 Å². The van der Waals surface area contributed by atoms with Crippen LogP contribution in [-0.2, 0) is 16.1 Å². The van der Waals surface area contributed by atoms with Gasteiger partial charge in [-0.1, -0.05) is 12.1 Å². The summed E-state index contributed by atoms with van der Waals surface area (Å²) in [6, 6.07) is 12.7. The molecule has 176 valence electrons. The summed E-state index contributed by atoms with van der Waals surface area (Å²) < 4.78 is 18.2. The van der Waals surface area contributed by atoms with Crippen LogP contribution in [0, 0.1) is 12.7 Å². The Morgan fingerprint density at radius 2 is 1.88 bits per heavy atom. The van der Waals surface area contributed by atoms with Crippen molar-refractivity contribution in [3.05, 3.63) is 71.2 Å². The van der Waals surface area contributed by atoms with Crippen LogP contribution in [0.25, 0.3) is 0 Å². The van der Waals surface area contributed by atoms with E-state index in [0.717, 1.165) is 5.56 Å². The number of hydrogen-bond donors (Lipinski definition) is 3. The summed E-state index contributed by atoms with van der Waals surface area (Å²) in [7, 11) is 1.61. The van der Waals surface area contributed by atoms with Crippen molar-refractivity contribution < 1.29 is 18.7 Å². The second-order valence-electron chi connectivity index (χ2n) is 7.81. The van der Waals surface area contributed by atoms with Gasteiger partial charge in [-0.25, -0.2) is 9.37 Å². The van der Waals surface area contributed by atoms with Gasteiger partial charge in [-0.15, -0.1) is 0 Å². The minimum absolute atomic E-state index is 0.109. The zero-order chi connectivity index (χ0) is 24.1. The number of aromatic nitrogens is 2. The molecule has 0 spiro atoms. The number of fused-ring (bicyclic) bond motifs is 1. The van der Waals surface area contributed by atoms with E-state index in [1.54, 1.807) is 19.2 Å². The number of hydrogen-bond acceptors (Lipinski definition) is 7. The average Bonchev–Trinajstić information content (AvgIpc) is 2.83. The van der Waals surface area contributed by atoms with Crippen LogP contribution < -0.4 is 20.9 Å². The van der Waals surface area contributed by atoms with E-state index in [-0.39, 0.29) is 24.2 Å². The number of amides is 2. The van der Waals surface area contributed by atoms with Gasteiger partial charge in [0.25, 0.3) is 5.91 Å². The van der Waals surface area contributed by atoms with Crippen molar-refractivity contribution in [3.63, 3.8) is 0 Å². The topological polar surface area (TPSA) is 108 Å². The van der Waals surface area contributed by atoms with E-state index in [9.17, 15) is 14.0 Å². The Bertz CT molecular complexity index is 1180. The van der Waals surface area contributed by atoms with Crippen LogP contribution in [0.4, 0.5) is 27.5 Å². The smallest absolute Gasteiger partial charge is 0.255 e. The van der Waals surface area contributed by atoms with Gasteiger partial charge in [-0.05, 0) is 48.9 Å². The van der Waals surface area contributed by atoms with Crippen molar-refractivity contribution in [1.82, 2.24) is 9.97 Å². The van der Waals surface area contributed by atoms with Crippen LogP contribution in [0.2, 0.25) is 0 Å². The van der Waals surface area contributed by atoms with Crippen molar-refractivity contribution in [2.45, 2.75) is 13.5 Å². The van der Waals surface area contributed by atoms with Gasteiger partial charge in [0, 0.05) is 31.5 Å². The molecule has 2 amide bonds. The Kier molecular flexibility index (Phi) is 6.98. The lowest BCUT2D eigenvalue weighted by molar-refractivity contribution is -0.115. The number of benzene rings is 2. The number of anilines is 4. The second-order valence-corrected chi connectivity index (χ2v) is 7.81. The zero-order valence-electron chi connectivity index (χ0n) is 18.9. The largest absolute Gasteiger partial charge is 0.383 e. The van der Waals surface area contributed by atoms with Gasteiger partial charge < -0.3 is 25.6 Å². The number of rotatable bonds is 8. The number of nitrogens with zero attached hydrogens (tertiary/aromatic N) is 3. The molecule has 0 aliphatic carbocycles. The lowest BCUT2D eigenvalue weighted by Crippen LogP contribution is -2.41. The third kappa shape index (κ3) is 5.46. The molecular weight excluding hydrogens is 439 g/mol. The highest BCUT2D eigenvalue weighted by molar-refractivity contribution is 6.04. The molecule has 3 N–H and O–H groups in total. The SMILES string of the molecule is COCCN1CC(=O)Nc2c(C)nc(NCc3ccc(NC(=O)c4ccc(F)cc4)cc3)nc21. The first-order chi connectivity index (χ1) is 16.4. The summed E-state index contributed by atoms with van der Waals surface area (Å²) in [5.74, 6) is 0.296. The maximum Gasteiger partial charge on any atom is 0.255 e. The molecule has 0 unspecified atom stereocenters. The molecule has 1 aromatic heterocycles. The molecular formula is C24H25FN6O3. The van der Waals surface area contributed by atoms with Crippen LogP contribution in [0.5, 0.6) is 0 Å². The molecule has 0 fully saturated rings. The van der Waals surface area contributed by atoms with Crippen molar-refractivity contribution >= 4 is 35.0 Å². The lowest BCUT2D eigenvalue weighted by Gasteiger charge is -2.30. The van der Waals surface area contributed by atoms with Gasteiger partial charge in [0.15, 0.2) is 5.82 Å². The fourth-order valence-electron chi connectivity index (χ4n) is 3.52. The summed E-state index contributed by atoms with van der Waals surface area (Å²) >= 11 is 0. The van der Waals surface area contributed by atoms with E-state index in [1.807, 2.05) is 24.0 Å². The molecule has 2 heterocycles. The maximum atomic E-state index is 13.0. The van der Waals surface area contributed by atoms with Crippen molar-refractivity contribution in [1.29, 1.82) is 0 Å². The van der Waals surface area contributed by atoms with Crippen molar-refractivity contribution in [3.8, 4) is 0 Å². The molecule has 0 saturated carbocycles. The van der Waals surface area contributed by atoms with E-state index < -0.39 is 0 Å². The van der Waals surface area contributed by atoms with Crippen LogP contribution in [0.3, 0.4) is 0 Å². The fraction of sp³-hybridized carbons (Fsp3) is 0.250. The van der Waals surface area contributed by atoms with Gasteiger partial charge in [-0.3, -0.25) is 9.59 Å². The first-order valence-electron chi connectivity index (χ1n) is 10.7. The van der Waals surface area contributed by atoms with Gasteiger partial charge in [0.1, 0.15) is 11.5 Å². The molecule has 0 radical (unpaired) electrons. The van der Waals surface area contributed by atoms with Crippen LogP contribution in [0.15, 0.2) is 48.5 Å². The van der Waals surface area contributed by atoms with Crippen LogP contribution in [-0.4, -0.2) is 48.6 Å². The summed E-state index contributed by atoms with van der Waals surface area (Å²) in [5, 5.41) is 8.85. The highest BCUT2D eigenvalue weighted by Gasteiger charge is 2.26. The monoisotopic (exact) mass is 464 g/mol. The zero-order valence-corrected chi connectivity index (χ0v) is 18.9. The average molecular weight is 465 g/mol. The number of ether oxygens (including phenoxy) is 1. The predicted octanol–water partition coefficient (Wildman–Crippen LogP) is 3.19. The number of methoxy groups -OCH3 is 1. The molecule has 1 aliphatic heterocycles. The predicted molar refractivity (Wildman–Crippen MR) is 128 cm³/mol. The molecule has 2 aromatic carbocycles. The first-order valence-corrected chi connectivity index (χ1v) is 10.7. The van der Waals surface area contributed by atoms with E-state index in [4.69, 9.17) is 4.74 Å². The number of carbonyl (C=O) groups is 2. The van der Waals surface area contributed by atoms with Gasteiger partial charge in [-0.2, -0.15) is 4.98 Å². The molecule has 3 aromatic rings. The van der Waals surface area contributed by atoms with E-state index in [0.29, 0.717) is 54.1 Å². The fourth-order valence-corrected chi connectivity index (χ4v) is 3.52. The van der Waals surface area contributed by atoms with Crippen LogP contribution >= 0.6 is 0 Å². The van der Waals surface area contributed by atoms with Gasteiger partial charge in [0.05, 0.1) is 18.8 Å². The standard InChI is InChI=1S/C24H25FN6O3/c1-15-21-22(31(11-12-34-2)14-20(32)29-21)30-24(27-15)26-13-16-3-9-19(10-4-16)28-23(33)17-5-7-18(25)8-6-17/h3-10H,11-14H2,1-2H3,(H,28,33)(H,29,32)(H,26,27,30). The third-order valence-corrected chi connectivity index (χ3v) is 5.30. The summed E-state index contributed by atoms with van der Waals surface area (Å²) in [6.45, 7) is 3.51. The highest BCUT2D eigenvalue weighted by atomic mass is 19.1. The number of nitrogens with one attached hydrogen (secondary N) is 3. The number of aryl methyl sites for hydroxylation is 1. The second kappa shape index (κ2) is 10.3. The third-order valence-electron chi connectivity index (χ3n) is 5.30. The molecule has 0 bridgehead atoms. The highest BCUT2D eigenvalue weighted by Crippen LogP contribution is 2.30. The van der Waals surface area contributed by atoms with Gasteiger partial charge in [0.2, 0.25) is 11.9 Å². The van der Waals surface area contributed by atoms with Crippen LogP contribution in [0.1, 0.15) is 21.6 Å². The Hall–Kier alpha value is -4.05. The molecule has 0 atom stereocenters. The summed E-state index contributed by atoms with van der Waals surface area (Å²) in [6.07, 6.45) is 0. The molecule has 34 heavy (non-hydrogen) atoms. The van der Waals surface area contributed by atoms with Crippen molar-refractivity contribution in [2.24, 2.45) is 0 Å². The maximum absolute atomic E-state index is 13.0. The summed E-state index contributed by atoms with van der Waals surface area (Å²) in [5.41, 5.74) is 3.25. The first kappa shape index (κ1) is 23.1. The molecule has 10 heteroatoms. The number of halogens is 1. The Labute approximate surface area is 196 Å². The Morgan fingerprint density at radius 3 is 2.59 bits per heavy atom. The van der Waals surface area contributed by atoms with Gasteiger partial charge >= 0.3 is 0 Å². The Balaban J connectivity index is 1.40. The Morgan fingerprint density at radius 1 is 1.15 bits per heavy atom. The molecule has 4 rings (SSSR count). The van der Waals surface area contributed by atoms with E-state index in [2.05, 4.69) is 25.9 Å². The molecule has 9 nitrogen and oxygen atoms in total. The lowest BCUT2D eigenvalue weighted by atomic mass is 10.2. The van der Waals surface area contributed by atoms with E-state index >= 15 is 0 Å². The summed E-state index contributed by atoms with van der Waals surface area (Å²) in [4.78, 5) is 35.3. The number of carbonyl (C=O) groups excluding carboxylic acids is 2. The minimum Gasteiger partial charge on any atom is -0.383 e. The molecule has 1 aliphatic rings. The normalized spacial score (nSPS) is 12.7. The quantitative estimate of drug-likeness (QED) is 0.470. The minimum atomic E-state index is -0.390. The van der Waals surface area contributed by atoms with Crippen molar-refractivity contribution in [2.75, 3.05) is 47.7 Å². The molecule has 0 saturated heterocycles.